The van der Waals surface area contributed by atoms with Crippen molar-refractivity contribution in [1.29, 1.82) is 0 Å². The molecule has 1 unspecified atom stereocenters. The fourth-order valence-corrected chi connectivity index (χ4v) is 4.36. The van der Waals surface area contributed by atoms with Crippen LogP contribution in [0.15, 0.2) is 24.3 Å². The van der Waals surface area contributed by atoms with Crippen molar-refractivity contribution in [2.24, 2.45) is 0 Å². The number of aliphatic hydroxyl groups excluding tert-OH is 1. The van der Waals surface area contributed by atoms with Crippen LogP contribution in [-0.4, -0.2) is 49.9 Å². The van der Waals surface area contributed by atoms with Crippen molar-refractivity contribution in [3.63, 3.8) is 0 Å². The molecule has 154 valence electrons. The fraction of sp³-hybridized carbons (Fsp3) is 0.409. The first kappa shape index (κ1) is 19.7. The lowest BCUT2D eigenvalue weighted by Gasteiger charge is -2.43. The van der Waals surface area contributed by atoms with Crippen LogP contribution in [0.1, 0.15) is 39.5 Å². The Morgan fingerprint density at radius 2 is 2.10 bits per heavy atom. The number of ether oxygens (including phenoxy) is 3. The van der Waals surface area contributed by atoms with Crippen LogP contribution in [0.3, 0.4) is 0 Å². The van der Waals surface area contributed by atoms with E-state index in [4.69, 9.17) is 14.2 Å². The predicted molar refractivity (Wildman–Crippen MR) is 104 cm³/mol. The third-order valence-electron chi connectivity index (χ3n) is 6.04. The van der Waals surface area contributed by atoms with Gasteiger partial charge in [-0.15, -0.1) is 0 Å². The highest BCUT2D eigenvalue weighted by molar-refractivity contribution is 5.97. The zero-order valence-corrected chi connectivity index (χ0v) is 16.8. The molecule has 0 saturated heterocycles. The molecule has 0 radical (unpaired) electrons. The highest BCUT2D eigenvalue weighted by Crippen LogP contribution is 2.47. The van der Waals surface area contributed by atoms with Gasteiger partial charge in [0.1, 0.15) is 17.6 Å². The van der Waals surface area contributed by atoms with Crippen molar-refractivity contribution in [2.75, 3.05) is 34.5 Å². The zero-order chi connectivity index (χ0) is 20.8. The minimum atomic E-state index is -0.594. The molecule has 6 nitrogen and oxygen atoms in total. The molecular weight excluding hydrogens is 377 g/mol. The predicted octanol–water partition coefficient (Wildman–Crippen LogP) is 3.00. The fourth-order valence-electron chi connectivity index (χ4n) is 4.36. The van der Waals surface area contributed by atoms with E-state index in [1.165, 1.54) is 19.2 Å². The maximum atomic E-state index is 14.5. The zero-order valence-electron chi connectivity index (χ0n) is 16.8. The van der Waals surface area contributed by atoms with Gasteiger partial charge in [-0.3, -0.25) is 4.79 Å². The van der Waals surface area contributed by atoms with Gasteiger partial charge in [0.25, 0.3) is 0 Å². The highest BCUT2D eigenvalue weighted by atomic mass is 19.1. The maximum absolute atomic E-state index is 14.5. The average molecular weight is 402 g/mol. The van der Waals surface area contributed by atoms with E-state index in [0.717, 1.165) is 24.1 Å². The summed E-state index contributed by atoms with van der Waals surface area (Å²) in [6, 6.07) is 5.99. The number of carbonyl (C=O) groups excluding carboxylic acids is 1. The lowest BCUT2D eigenvalue weighted by molar-refractivity contribution is -0.922. The van der Waals surface area contributed by atoms with Crippen molar-refractivity contribution >= 4 is 5.78 Å². The van der Waals surface area contributed by atoms with Gasteiger partial charge in [0.05, 0.1) is 46.3 Å². The maximum Gasteiger partial charge on any atom is 0.231 e. The summed E-state index contributed by atoms with van der Waals surface area (Å²) in [5.41, 5.74) is 2.66. The third-order valence-corrected chi connectivity index (χ3v) is 6.04. The van der Waals surface area contributed by atoms with E-state index in [-0.39, 0.29) is 37.2 Å². The summed E-state index contributed by atoms with van der Waals surface area (Å²) < 4.78 is 31.2. The van der Waals surface area contributed by atoms with Crippen molar-refractivity contribution in [2.45, 2.75) is 25.5 Å². The molecule has 0 aliphatic carbocycles. The number of quaternary nitrogens is 1. The minimum Gasteiger partial charge on any atom is -0.497 e. The summed E-state index contributed by atoms with van der Waals surface area (Å²) in [5, 5.41) is 10.1. The van der Waals surface area contributed by atoms with Crippen LogP contribution in [-0.2, 0) is 13.0 Å². The summed E-state index contributed by atoms with van der Waals surface area (Å²) in [4.78, 5) is 13.1. The van der Waals surface area contributed by atoms with Gasteiger partial charge in [-0.1, -0.05) is 0 Å². The number of ketones is 1. The number of fused-ring (bicyclic) bond motifs is 2. The average Bonchev–Trinajstić information content (AvgIpc) is 3.16. The molecule has 0 fully saturated rings. The number of Topliss-reactive ketones (excluding diaryl/α,β-unsaturated/α-hetero) is 1. The molecule has 7 heteroatoms. The molecule has 2 aromatic carbocycles. The second-order valence-electron chi connectivity index (χ2n) is 8.06. The van der Waals surface area contributed by atoms with Crippen LogP contribution in [0.5, 0.6) is 17.2 Å². The summed E-state index contributed by atoms with van der Waals surface area (Å²) in [6.45, 7) is 0.723. The molecule has 4 rings (SSSR count). The number of likely N-dealkylation sites (N-methyl/N-ethyl adjacent to an activating group) is 1. The van der Waals surface area contributed by atoms with Crippen molar-refractivity contribution < 1.29 is 33.0 Å². The Bertz CT molecular complexity index is 972. The molecule has 0 saturated carbocycles. The van der Waals surface area contributed by atoms with Crippen molar-refractivity contribution in [3.8, 4) is 17.2 Å². The Morgan fingerprint density at radius 1 is 1.31 bits per heavy atom. The number of halogens is 1. The lowest BCUT2D eigenvalue weighted by atomic mass is 9.83. The SMILES string of the molecule is COc1ccc(C(=O)CC2c3c(cc4c(c3CO)OCO4)CC[N+]2(C)C)c(F)c1. The Kier molecular flexibility index (Phi) is 4.96. The molecular formula is C22H25FNO5+. The van der Waals surface area contributed by atoms with Gasteiger partial charge in [-0.05, 0) is 23.8 Å². The number of methoxy groups -OCH3 is 1. The summed E-state index contributed by atoms with van der Waals surface area (Å²) in [6.07, 6.45) is 0.920. The Hall–Kier alpha value is -2.64. The van der Waals surface area contributed by atoms with E-state index in [1.54, 1.807) is 6.07 Å². The Morgan fingerprint density at radius 3 is 2.79 bits per heavy atom. The normalized spacial score (nSPS) is 19.0. The quantitative estimate of drug-likeness (QED) is 0.615. The number of aliphatic hydroxyl groups is 1. The molecule has 1 atom stereocenters. The first-order valence-corrected chi connectivity index (χ1v) is 9.60. The first-order chi connectivity index (χ1) is 13.9. The monoisotopic (exact) mass is 402 g/mol. The van der Waals surface area contributed by atoms with E-state index < -0.39 is 5.82 Å². The van der Waals surface area contributed by atoms with Crippen LogP contribution >= 0.6 is 0 Å². The molecule has 2 aliphatic heterocycles. The topological polar surface area (TPSA) is 65.0 Å². The van der Waals surface area contributed by atoms with E-state index in [9.17, 15) is 14.3 Å². The smallest absolute Gasteiger partial charge is 0.231 e. The van der Waals surface area contributed by atoms with Crippen molar-refractivity contribution in [3.05, 3.63) is 52.3 Å². The molecule has 0 spiro atoms. The van der Waals surface area contributed by atoms with Gasteiger partial charge in [0.2, 0.25) is 6.79 Å². The van der Waals surface area contributed by atoms with Crippen LogP contribution < -0.4 is 14.2 Å². The number of hydrogen-bond donors (Lipinski definition) is 1. The molecule has 0 bridgehead atoms. The van der Waals surface area contributed by atoms with Gasteiger partial charge in [-0.25, -0.2) is 4.39 Å². The largest absolute Gasteiger partial charge is 0.497 e. The minimum absolute atomic E-state index is 0.0456. The lowest BCUT2D eigenvalue weighted by Crippen LogP contribution is -2.49. The van der Waals surface area contributed by atoms with Crippen molar-refractivity contribution in [1.82, 2.24) is 0 Å². The van der Waals surface area contributed by atoms with Gasteiger partial charge < -0.3 is 23.8 Å². The number of rotatable bonds is 5. The van der Waals surface area contributed by atoms with E-state index in [2.05, 4.69) is 14.1 Å². The molecule has 2 heterocycles. The summed E-state index contributed by atoms with van der Waals surface area (Å²) >= 11 is 0. The highest BCUT2D eigenvalue weighted by Gasteiger charge is 2.41. The van der Waals surface area contributed by atoms with E-state index in [1.807, 2.05) is 6.07 Å². The molecule has 0 amide bonds. The summed E-state index contributed by atoms with van der Waals surface area (Å²) in [7, 11) is 5.56. The third kappa shape index (κ3) is 3.34. The second kappa shape index (κ2) is 7.31. The number of nitrogens with zero attached hydrogens (tertiary/aromatic N) is 1. The van der Waals surface area contributed by atoms with Gasteiger partial charge in [-0.2, -0.15) is 0 Å². The van der Waals surface area contributed by atoms with Crippen LogP contribution in [0.2, 0.25) is 0 Å². The second-order valence-corrected chi connectivity index (χ2v) is 8.06. The van der Waals surface area contributed by atoms with Crippen LogP contribution in [0.4, 0.5) is 4.39 Å². The van der Waals surface area contributed by atoms with Crippen LogP contribution in [0.25, 0.3) is 0 Å². The van der Waals surface area contributed by atoms with Gasteiger partial charge >= 0.3 is 0 Å². The van der Waals surface area contributed by atoms with E-state index >= 15 is 0 Å². The summed E-state index contributed by atoms with van der Waals surface area (Å²) in [5.74, 6) is 0.667. The van der Waals surface area contributed by atoms with Gasteiger partial charge in [0.15, 0.2) is 17.3 Å². The standard InChI is InChI=1S/C22H25FNO5/c1-24(2)7-6-13-8-20-22(29-12-28-20)16(11-25)21(13)18(24)10-19(26)15-5-4-14(27-3)9-17(15)23/h4-5,8-9,18,25H,6-7,10-12H2,1-3H3/q+1. The van der Waals surface area contributed by atoms with Crippen LogP contribution in [0, 0.1) is 5.82 Å². The molecule has 1 N–H and O–H groups in total. The van der Waals surface area contributed by atoms with Gasteiger partial charge in [0, 0.05) is 23.6 Å². The number of hydrogen-bond acceptors (Lipinski definition) is 5. The van der Waals surface area contributed by atoms with E-state index in [0.29, 0.717) is 27.3 Å². The number of benzene rings is 2. The molecule has 29 heavy (non-hydrogen) atoms. The molecule has 2 aliphatic rings. The first-order valence-electron chi connectivity index (χ1n) is 9.60. The molecule has 2 aromatic rings. The number of carbonyl (C=O) groups is 1. The Balaban J connectivity index is 1.75. The molecule has 0 aromatic heterocycles. The Labute approximate surface area is 169 Å².